The summed E-state index contributed by atoms with van der Waals surface area (Å²) in [5.41, 5.74) is -0.655. The lowest BCUT2D eigenvalue weighted by molar-refractivity contribution is -0.549. The predicted molar refractivity (Wildman–Crippen MR) is 152 cm³/mol. The van der Waals surface area contributed by atoms with Crippen molar-refractivity contribution < 1.29 is 24.7 Å². The van der Waals surface area contributed by atoms with Gasteiger partial charge in [0.1, 0.15) is 12.3 Å². The van der Waals surface area contributed by atoms with Crippen LogP contribution < -0.4 is 4.90 Å². The molecule has 0 fully saturated rings. The van der Waals surface area contributed by atoms with Crippen LogP contribution in [0.3, 0.4) is 0 Å². The van der Waals surface area contributed by atoms with E-state index < -0.39 is 32.8 Å². The summed E-state index contributed by atoms with van der Waals surface area (Å²) in [6.07, 6.45) is 6.31. The Morgan fingerprint density at radius 3 is 2.40 bits per heavy atom. The van der Waals surface area contributed by atoms with E-state index in [-0.39, 0.29) is 42.5 Å². The molecule has 3 aromatic rings. The third-order valence-electron chi connectivity index (χ3n) is 6.67. The smallest absolute Gasteiger partial charge is 0.311 e. The number of amides is 1. The topological polar surface area (TPSA) is 186 Å². The van der Waals surface area contributed by atoms with Gasteiger partial charge in [0, 0.05) is 61.4 Å². The number of rotatable bonds is 11. The Morgan fingerprint density at radius 2 is 1.74 bits per heavy atom. The van der Waals surface area contributed by atoms with Gasteiger partial charge in [0.15, 0.2) is 0 Å². The Kier molecular flexibility index (Phi) is 8.55. The molecule has 1 unspecified atom stereocenters. The molecule has 0 saturated heterocycles. The van der Waals surface area contributed by atoms with E-state index >= 15 is 0 Å². The van der Waals surface area contributed by atoms with Crippen LogP contribution in [0.2, 0.25) is 0 Å². The zero-order chi connectivity index (χ0) is 30.4. The minimum atomic E-state index is -1.38. The average Bonchev–Trinajstić information content (AvgIpc) is 2.96. The van der Waals surface area contributed by atoms with Crippen molar-refractivity contribution >= 4 is 28.8 Å². The van der Waals surface area contributed by atoms with Gasteiger partial charge in [-0.1, -0.05) is 24.3 Å². The lowest BCUT2D eigenvalue weighted by Gasteiger charge is -2.29. The minimum absolute atomic E-state index is 0.0577. The van der Waals surface area contributed by atoms with Crippen molar-refractivity contribution in [2.24, 2.45) is 0 Å². The van der Waals surface area contributed by atoms with Crippen molar-refractivity contribution in [3.63, 3.8) is 0 Å². The summed E-state index contributed by atoms with van der Waals surface area (Å²) < 4.78 is 0. The Labute approximate surface area is 239 Å². The third kappa shape index (κ3) is 6.72. The molecule has 1 heterocycles. The van der Waals surface area contributed by atoms with Crippen LogP contribution in [0, 0.1) is 30.3 Å². The molecule has 1 atom stereocenters. The first kappa shape index (κ1) is 29.3. The molecule has 0 radical (unpaired) electrons. The zero-order valence-corrected chi connectivity index (χ0v) is 22.4. The number of aromatic hydroxyl groups is 1. The summed E-state index contributed by atoms with van der Waals surface area (Å²) in [4.78, 5) is 54.1. The van der Waals surface area contributed by atoms with Crippen molar-refractivity contribution in [1.82, 2.24) is 9.88 Å². The van der Waals surface area contributed by atoms with E-state index in [0.717, 1.165) is 0 Å². The molecule has 1 amide bonds. The SMILES string of the molecule is CC1([N+](=O)[O-])C=C(CN(Cc2cccc([N+](=O)[O-])c2)C(=O)CN(c2ccc(O)cc2)c2ncccc2[N+](=O)[O-])C=CC1. The fourth-order valence-electron chi connectivity index (χ4n) is 4.52. The Hall–Kier alpha value is -5.66. The maximum atomic E-state index is 14.0. The summed E-state index contributed by atoms with van der Waals surface area (Å²) in [6.45, 7) is 0.862. The van der Waals surface area contributed by atoms with Crippen molar-refractivity contribution in [3.05, 3.63) is 127 Å². The highest BCUT2D eigenvalue weighted by molar-refractivity contribution is 5.85. The lowest BCUT2D eigenvalue weighted by Crippen LogP contribution is -2.41. The number of anilines is 2. The van der Waals surface area contributed by atoms with E-state index in [4.69, 9.17) is 0 Å². The Morgan fingerprint density at radius 1 is 1.00 bits per heavy atom. The molecular formula is C28H26N6O8. The molecule has 14 nitrogen and oxygen atoms in total. The van der Waals surface area contributed by atoms with Gasteiger partial charge in [-0.3, -0.25) is 35.1 Å². The number of nitro groups is 3. The summed E-state index contributed by atoms with van der Waals surface area (Å²) in [5.74, 6) is -0.718. The number of carbonyl (C=O) groups excluding carboxylic acids is 1. The zero-order valence-electron chi connectivity index (χ0n) is 22.4. The molecule has 216 valence electrons. The maximum absolute atomic E-state index is 14.0. The van der Waals surface area contributed by atoms with Crippen molar-refractivity contribution in [1.29, 1.82) is 0 Å². The number of phenolic OH excluding ortho intramolecular Hbond substituents is 1. The van der Waals surface area contributed by atoms with E-state index in [9.17, 15) is 40.2 Å². The highest BCUT2D eigenvalue weighted by atomic mass is 16.6. The number of benzene rings is 2. The van der Waals surface area contributed by atoms with Crippen LogP contribution >= 0.6 is 0 Å². The molecule has 0 bridgehead atoms. The number of pyridine rings is 1. The predicted octanol–water partition coefficient (Wildman–Crippen LogP) is 4.69. The van der Waals surface area contributed by atoms with Gasteiger partial charge in [0.2, 0.25) is 17.3 Å². The number of non-ortho nitro benzene ring substituents is 1. The molecule has 1 aliphatic carbocycles. The van der Waals surface area contributed by atoms with Crippen LogP contribution in [0.5, 0.6) is 5.75 Å². The highest BCUT2D eigenvalue weighted by Gasteiger charge is 2.36. The number of aromatic nitrogens is 1. The molecule has 0 spiro atoms. The number of nitrogens with zero attached hydrogens (tertiary/aromatic N) is 6. The van der Waals surface area contributed by atoms with Crippen LogP contribution in [-0.4, -0.2) is 54.3 Å². The summed E-state index contributed by atoms with van der Waals surface area (Å²) in [5, 5.41) is 44.7. The second-order valence-corrected chi connectivity index (χ2v) is 9.82. The molecule has 1 N–H and O–H groups in total. The number of phenols is 1. The first-order valence-corrected chi connectivity index (χ1v) is 12.7. The molecular weight excluding hydrogens is 548 g/mol. The summed E-state index contributed by atoms with van der Waals surface area (Å²) >= 11 is 0. The fourth-order valence-corrected chi connectivity index (χ4v) is 4.52. The molecule has 42 heavy (non-hydrogen) atoms. The van der Waals surface area contributed by atoms with E-state index in [2.05, 4.69) is 4.98 Å². The largest absolute Gasteiger partial charge is 0.508 e. The van der Waals surface area contributed by atoms with Crippen LogP contribution in [0.25, 0.3) is 0 Å². The summed E-state index contributed by atoms with van der Waals surface area (Å²) in [7, 11) is 0. The number of hydrogen-bond donors (Lipinski definition) is 1. The minimum Gasteiger partial charge on any atom is -0.508 e. The fraction of sp³-hybridized carbons (Fsp3) is 0.214. The second kappa shape index (κ2) is 12.2. The van der Waals surface area contributed by atoms with Gasteiger partial charge in [-0.25, -0.2) is 4.98 Å². The van der Waals surface area contributed by atoms with E-state index in [1.807, 2.05) is 0 Å². The lowest BCUT2D eigenvalue weighted by atomic mass is 9.90. The maximum Gasteiger partial charge on any atom is 0.311 e. The van der Waals surface area contributed by atoms with Crippen molar-refractivity contribution in [2.45, 2.75) is 25.4 Å². The number of nitro benzene ring substituents is 1. The van der Waals surface area contributed by atoms with E-state index in [1.54, 1.807) is 18.2 Å². The van der Waals surface area contributed by atoms with Gasteiger partial charge >= 0.3 is 5.69 Å². The van der Waals surface area contributed by atoms with Gasteiger partial charge in [-0.15, -0.1) is 0 Å². The molecule has 1 aromatic heterocycles. The van der Waals surface area contributed by atoms with Gasteiger partial charge in [-0.05, 0) is 47.5 Å². The van der Waals surface area contributed by atoms with Gasteiger partial charge in [-0.2, -0.15) is 0 Å². The van der Waals surface area contributed by atoms with E-state index in [1.165, 1.54) is 83.6 Å². The van der Waals surface area contributed by atoms with Gasteiger partial charge in [0.05, 0.1) is 9.85 Å². The second-order valence-electron chi connectivity index (χ2n) is 9.82. The molecule has 4 rings (SSSR count). The Balaban J connectivity index is 1.74. The first-order chi connectivity index (χ1) is 20.0. The summed E-state index contributed by atoms with van der Waals surface area (Å²) in [6, 6.07) is 14.0. The van der Waals surface area contributed by atoms with Crippen LogP contribution in [0.15, 0.2) is 90.7 Å². The molecule has 14 heteroatoms. The van der Waals surface area contributed by atoms with Gasteiger partial charge < -0.3 is 14.9 Å². The number of carbonyl (C=O) groups is 1. The van der Waals surface area contributed by atoms with Gasteiger partial charge in [0.25, 0.3) is 5.69 Å². The normalized spacial score (nSPS) is 15.9. The van der Waals surface area contributed by atoms with E-state index in [0.29, 0.717) is 16.8 Å². The molecule has 0 saturated carbocycles. The quantitative estimate of drug-likeness (QED) is 0.249. The molecule has 0 aliphatic heterocycles. The Bertz CT molecular complexity index is 1590. The van der Waals surface area contributed by atoms with Crippen LogP contribution in [-0.2, 0) is 11.3 Å². The monoisotopic (exact) mass is 574 g/mol. The molecule has 2 aromatic carbocycles. The molecule has 1 aliphatic rings. The highest BCUT2D eigenvalue weighted by Crippen LogP contribution is 2.33. The van der Waals surface area contributed by atoms with Crippen molar-refractivity contribution in [3.8, 4) is 5.75 Å². The van der Waals surface area contributed by atoms with Crippen LogP contribution in [0.1, 0.15) is 18.9 Å². The standard InChI is InChI=1S/C28H26N6O8/c1-28(34(41)42)13-3-6-21(16-28)18-30(17-20-5-2-7-23(15-20)32(37)38)26(36)19-31(22-9-11-24(35)12-10-22)27-25(33(39)40)8-4-14-29-27/h2-12,14-16,35H,13,17-19H2,1H3. The first-order valence-electron chi connectivity index (χ1n) is 12.7. The number of hydrogen-bond acceptors (Lipinski definition) is 10. The third-order valence-corrected chi connectivity index (χ3v) is 6.67. The van der Waals surface area contributed by atoms with Crippen LogP contribution in [0.4, 0.5) is 22.9 Å². The average molecular weight is 575 g/mol. The van der Waals surface area contributed by atoms with Crippen molar-refractivity contribution in [2.75, 3.05) is 18.0 Å².